The number of nitrogens with zero attached hydrogens (tertiary/aromatic N) is 5. The minimum Gasteiger partial charge on any atom is -0.457 e. The molecule has 7 heteroatoms. The number of benzene rings is 1. The highest BCUT2D eigenvalue weighted by Gasteiger charge is 2.19. The van der Waals surface area contributed by atoms with Gasteiger partial charge in [0.2, 0.25) is 0 Å². The number of imidazole rings is 1. The first kappa shape index (κ1) is 20.4. The third-order valence-corrected chi connectivity index (χ3v) is 4.82. The minimum atomic E-state index is -0.0716. The van der Waals surface area contributed by atoms with E-state index in [-0.39, 0.29) is 11.1 Å². The molecule has 0 atom stereocenters. The Morgan fingerprint density at radius 2 is 1.87 bits per heavy atom. The fourth-order valence-electron chi connectivity index (χ4n) is 3.45. The van der Waals surface area contributed by atoms with Crippen LogP contribution in [0.4, 0.5) is 0 Å². The zero-order valence-electron chi connectivity index (χ0n) is 18.0. The highest BCUT2D eigenvalue weighted by atomic mass is 16.5. The van der Waals surface area contributed by atoms with E-state index in [1.54, 1.807) is 28.3 Å². The molecule has 0 unspecified atom stereocenters. The van der Waals surface area contributed by atoms with Gasteiger partial charge in [0.25, 0.3) is 0 Å². The minimum absolute atomic E-state index is 0.0270. The van der Waals surface area contributed by atoms with Gasteiger partial charge < -0.3 is 4.74 Å². The van der Waals surface area contributed by atoms with Gasteiger partial charge in [-0.05, 0) is 35.7 Å². The lowest BCUT2D eigenvalue weighted by atomic mass is 9.97. The molecule has 7 nitrogen and oxygen atoms in total. The van der Waals surface area contributed by atoms with Crippen LogP contribution in [0, 0.1) is 16.7 Å². The molecule has 0 amide bonds. The number of hydrogen-bond donors (Lipinski definition) is 0. The van der Waals surface area contributed by atoms with Crippen LogP contribution in [-0.4, -0.2) is 19.1 Å². The third kappa shape index (κ3) is 4.19. The van der Waals surface area contributed by atoms with Crippen LogP contribution in [0.15, 0.2) is 59.5 Å². The Bertz CT molecular complexity index is 1370. The number of rotatable bonds is 4. The van der Waals surface area contributed by atoms with Crippen molar-refractivity contribution >= 4 is 11.2 Å². The van der Waals surface area contributed by atoms with Crippen molar-refractivity contribution in [3.63, 3.8) is 0 Å². The smallest absolute Gasteiger partial charge is 0.330 e. The van der Waals surface area contributed by atoms with E-state index in [1.807, 2.05) is 42.5 Å². The van der Waals surface area contributed by atoms with Crippen molar-refractivity contribution in [2.24, 2.45) is 12.5 Å². The molecule has 31 heavy (non-hydrogen) atoms. The summed E-state index contributed by atoms with van der Waals surface area (Å²) in [6.45, 7) is 6.93. The molecule has 1 aromatic carbocycles. The lowest BCUT2D eigenvalue weighted by Crippen LogP contribution is -2.27. The number of aryl methyl sites for hydroxylation is 1. The summed E-state index contributed by atoms with van der Waals surface area (Å²) in [4.78, 5) is 21.5. The van der Waals surface area contributed by atoms with Crippen LogP contribution in [0.5, 0.6) is 11.5 Å². The number of pyridine rings is 2. The monoisotopic (exact) mass is 413 g/mol. The van der Waals surface area contributed by atoms with Crippen molar-refractivity contribution in [3.8, 4) is 28.8 Å². The molecular formula is C24H23N5O2. The highest BCUT2D eigenvalue weighted by molar-refractivity contribution is 5.76. The fourth-order valence-corrected chi connectivity index (χ4v) is 3.45. The molecular weight excluding hydrogens is 390 g/mol. The Balaban J connectivity index is 1.71. The topological polar surface area (TPSA) is 85.7 Å². The second-order valence-electron chi connectivity index (χ2n) is 8.65. The van der Waals surface area contributed by atoms with Crippen LogP contribution in [0.1, 0.15) is 26.5 Å². The van der Waals surface area contributed by atoms with Crippen LogP contribution in [-0.2, 0) is 13.6 Å². The molecule has 4 aromatic rings. The summed E-state index contributed by atoms with van der Waals surface area (Å²) in [5.41, 5.74) is 3.27. The average Bonchev–Trinajstić information content (AvgIpc) is 2.97. The lowest BCUT2D eigenvalue weighted by molar-refractivity contribution is 0.342. The third-order valence-electron chi connectivity index (χ3n) is 4.82. The summed E-state index contributed by atoms with van der Waals surface area (Å²) in [6.07, 6.45) is 1.54. The van der Waals surface area contributed by atoms with Gasteiger partial charge >= 0.3 is 5.69 Å². The average molecular weight is 413 g/mol. The van der Waals surface area contributed by atoms with Gasteiger partial charge in [-0.1, -0.05) is 32.9 Å². The molecule has 4 rings (SSSR count). The van der Waals surface area contributed by atoms with Gasteiger partial charge in [0.15, 0.2) is 5.65 Å². The van der Waals surface area contributed by atoms with Gasteiger partial charge in [-0.25, -0.2) is 14.8 Å². The fraction of sp³-hybridized carbons (Fsp3) is 0.250. The lowest BCUT2D eigenvalue weighted by Gasteiger charge is -2.18. The number of aromatic nitrogens is 4. The Labute approximate surface area is 180 Å². The van der Waals surface area contributed by atoms with Crippen LogP contribution in [0.25, 0.3) is 22.4 Å². The first-order valence-electron chi connectivity index (χ1n) is 9.96. The van der Waals surface area contributed by atoms with Gasteiger partial charge in [-0.3, -0.25) is 9.13 Å². The quantitative estimate of drug-likeness (QED) is 0.491. The molecule has 0 saturated heterocycles. The Hall–Kier alpha value is -3.92. The summed E-state index contributed by atoms with van der Waals surface area (Å²) in [5, 5.41) is 9.01. The van der Waals surface area contributed by atoms with Gasteiger partial charge in [-0.15, -0.1) is 0 Å². The Kier molecular flexibility index (Phi) is 5.07. The molecule has 0 aliphatic heterocycles. The van der Waals surface area contributed by atoms with Crippen molar-refractivity contribution in [2.45, 2.75) is 27.3 Å². The highest BCUT2D eigenvalue weighted by Crippen LogP contribution is 2.28. The maximum absolute atomic E-state index is 12.8. The SMILES string of the molecule is Cn1c(=O)n(CC(C)(C)C)c2ccc(-c3cccc(Oc4ccnc(C#N)c4)c3)nc21. The van der Waals surface area contributed by atoms with Crippen LogP contribution in [0.3, 0.4) is 0 Å². The predicted octanol–water partition coefficient (Wildman–Crippen LogP) is 4.51. The summed E-state index contributed by atoms with van der Waals surface area (Å²) < 4.78 is 9.26. The molecule has 0 N–H and O–H groups in total. The van der Waals surface area contributed by atoms with Gasteiger partial charge in [0, 0.05) is 31.4 Å². The zero-order chi connectivity index (χ0) is 22.2. The van der Waals surface area contributed by atoms with Crippen molar-refractivity contribution in [1.82, 2.24) is 19.1 Å². The molecule has 0 aliphatic rings. The molecule has 0 spiro atoms. The largest absolute Gasteiger partial charge is 0.457 e. The van der Waals surface area contributed by atoms with Crippen molar-refractivity contribution in [3.05, 3.63) is 70.9 Å². The second-order valence-corrected chi connectivity index (χ2v) is 8.65. The summed E-state index contributed by atoms with van der Waals surface area (Å²) in [5.74, 6) is 1.16. The van der Waals surface area contributed by atoms with Gasteiger partial charge in [0.05, 0.1) is 11.2 Å². The van der Waals surface area contributed by atoms with Crippen LogP contribution >= 0.6 is 0 Å². The molecule has 0 fully saturated rings. The first-order chi connectivity index (χ1) is 14.7. The van der Waals surface area contributed by atoms with Crippen molar-refractivity contribution < 1.29 is 4.74 Å². The zero-order valence-corrected chi connectivity index (χ0v) is 18.0. The van der Waals surface area contributed by atoms with E-state index in [0.29, 0.717) is 29.4 Å². The van der Waals surface area contributed by atoms with E-state index in [4.69, 9.17) is 15.0 Å². The van der Waals surface area contributed by atoms with Crippen molar-refractivity contribution in [1.29, 1.82) is 5.26 Å². The van der Waals surface area contributed by atoms with E-state index < -0.39 is 0 Å². The maximum atomic E-state index is 12.8. The molecule has 0 radical (unpaired) electrons. The molecule has 0 aliphatic carbocycles. The molecule has 3 heterocycles. The first-order valence-corrected chi connectivity index (χ1v) is 9.96. The van der Waals surface area contributed by atoms with E-state index in [1.165, 1.54) is 6.20 Å². The normalized spacial score (nSPS) is 11.5. The van der Waals surface area contributed by atoms with Crippen molar-refractivity contribution in [2.75, 3.05) is 0 Å². The van der Waals surface area contributed by atoms with E-state index in [0.717, 1.165) is 16.8 Å². The molecule has 3 aromatic heterocycles. The standard InChI is InChI=1S/C24H23N5O2/c1-24(2,3)15-29-21-9-8-20(27-22(21)28(4)23(29)30)16-6-5-7-18(12-16)31-19-10-11-26-17(13-19)14-25/h5-13H,15H2,1-4H3. The molecule has 156 valence electrons. The van der Waals surface area contributed by atoms with Gasteiger partial charge in [-0.2, -0.15) is 5.26 Å². The predicted molar refractivity (Wildman–Crippen MR) is 119 cm³/mol. The molecule has 0 bridgehead atoms. The number of hydrogen-bond acceptors (Lipinski definition) is 5. The Morgan fingerprint density at radius 3 is 2.61 bits per heavy atom. The molecule has 0 saturated carbocycles. The van der Waals surface area contributed by atoms with Crippen LogP contribution < -0.4 is 10.4 Å². The maximum Gasteiger partial charge on any atom is 0.330 e. The van der Waals surface area contributed by atoms with E-state index in [9.17, 15) is 4.79 Å². The summed E-state index contributed by atoms with van der Waals surface area (Å²) in [6, 6.07) is 16.7. The number of nitriles is 1. The number of ether oxygens (including phenoxy) is 1. The summed E-state index contributed by atoms with van der Waals surface area (Å²) >= 11 is 0. The second kappa shape index (κ2) is 7.73. The van der Waals surface area contributed by atoms with Gasteiger partial charge in [0.1, 0.15) is 23.3 Å². The van der Waals surface area contributed by atoms with E-state index in [2.05, 4.69) is 25.8 Å². The summed E-state index contributed by atoms with van der Waals surface area (Å²) in [7, 11) is 1.75. The van der Waals surface area contributed by atoms with Crippen LogP contribution in [0.2, 0.25) is 0 Å². The Morgan fingerprint density at radius 1 is 1.10 bits per heavy atom. The number of fused-ring (bicyclic) bond motifs is 1. The van der Waals surface area contributed by atoms with E-state index >= 15 is 0 Å².